The molecule has 0 spiro atoms. The molecule has 1 atom stereocenters. The molecule has 3 aromatic rings. The maximum Gasteiger partial charge on any atom is 0.359 e. The standard InChI is InChI=1S/C19H17N3O5/c1-11(12-6-7-15-16(8-12)27-10-26-15)20-17(23)9-25-19(24)18-13-4-2-3-5-14(13)21-22-18/h2-8,11H,9-10H2,1H3,(H,20,23)(H,21,22)/t11-/m0/s1. The molecule has 2 aromatic carbocycles. The quantitative estimate of drug-likeness (QED) is 0.671. The lowest BCUT2D eigenvalue weighted by atomic mass is 10.1. The number of H-pyrrole nitrogens is 1. The molecule has 0 saturated heterocycles. The number of nitrogens with zero attached hydrogens (tertiary/aromatic N) is 1. The summed E-state index contributed by atoms with van der Waals surface area (Å²) in [4.78, 5) is 24.3. The van der Waals surface area contributed by atoms with E-state index >= 15 is 0 Å². The highest BCUT2D eigenvalue weighted by atomic mass is 16.7. The van der Waals surface area contributed by atoms with Crippen LogP contribution in [0.1, 0.15) is 29.0 Å². The van der Waals surface area contributed by atoms with E-state index in [0.29, 0.717) is 16.9 Å². The molecule has 8 nitrogen and oxygen atoms in total. The highest BCUT2D eigenvalue weighted by Gasteiger charge is 2.19. The lowest BCUT2D eigenvalue weighted by Crippen LogP contribution is -2.31. The van der Waals surface area contributed by atoms with Gasteiger partial charge in [0.05, 0.1) is 11.6 Å². The Bertz CT molecular complexity index is 1010. The number of nitrogens with one attached hydrogen (secondary N) is 2. The molecule has 1 aromatic heterocycles. The summed E-state index contributed by atoms with van der Waals surface area (Å²) >= 11 is 0. The number of rotatable bonds is 5. The average molecular weight is 367 g/mol. The molecule has 1 aliphatic heterocycles. The van der Waals surface area contributed by atoms with Gasteiger partial charge in [-0.1, -0.05) is 24.3 Å². The summed E-state index contributed by atoms with van der Waals surface area (Å²) in [5.74, 6) is 0.259. The molecule has 0 unspecified atom stereocenters. The molecule has 0 fully saturated rings. The number of benzene rings is 2. The van der Waals surface area contributed by atoms with Crippen LogP contribution in [0.15, 0.2) is 42.5 Å². The van der Waals surface area contributed by atoms with Crippen LogP contribution in [-0.2, 0) is 9.53 Å². The fraction of sp³-hybridized carbons (Fsp3) is 0.211. The molecule has 1 amide bonds. The van der Waals surface area contributed by atoms with Crippen LogP contribution in [0.4, 0.5) is 0 Å². The van der Waals surface area contributed by atoms with Crippen LogP contribution >= 0.6 is 0 Å². The van der Waals surface area contributed by atoms with Gasteiger partial charge in [-0.25, -0.2) is 4.79 Å². The van der Waals surface area contributed by atoms with Crippen molar-refractivity contribution >= 4 is 22.8 Å². The third-order valence-electron chi connectivity index (χ3n) is 4.27. The van der Waals surface area contributed by atoms with E-state index in [1.54, 1.807) is 24.3 Å². The molecule has 0 bridgehead atoms. The summed E-state index contributed by atoms with van der Waals surface area (Å²) in [6.07, 6.45) is 0. The highest BCUT2D eigenvalue weighted by Crippen LogP contribution is 2.34. The van der Waals surface area contributed by atoms with Gasteiger partial charge < -0.3 is 19.5 Å². The minimum atomic E-state index is -0.654. The second-order valence-electron chi connectivity index (χ2n) is 6.10. The Labute approximate surface area is 154 Å². The normalized spacial score (nSPS) is 13.4. The molecule has 4 rings (SSSR count). The number of aromatic amines is 1. The van der Waals surface area contributed by atoms with Crippen LogP contribution in [0.2, 0.25) is 0 Å². The number of aromatic nitrogens is 2. The number of amides is 1. The van der Waals surface area contributed by atoms with Crippen LogP contribution in [0.3, 0.4) is 0 Å². The fourth-order valence-electron chi connectivity index (χ4n) is 2.87. The number of carbonyl (C=O) groups is 2. The average Bonchev–Trinajstić information content (AvgIpc) is 3.32. The Morgan fingerprint density at radius 3 is 2.93 bits per heavy atom. The van der Waals surface area contributed by atoms with Gasteiger partial charge in [-0.3, -0.25) is 9.89 Å². The van der Waals surface area contributed by atoms with Gasteiger partial charge in [0.25, 0.3) is 5.91 Å². The van der Waals surface area contributed by atoms with Gasteiger partial charge in [0, 0.05) is 5.39 Å². The number of hydrogen-bond acceptors (Lipinski definition) is 6. The first-order chi connectivity index (χ1) is 13.1. The monoisotopic (exact) mass is 367 g/mol. The predicted octanol–water partition coefficient (Wildman–Crippen LogP) is 2.33. The second-order valence-corrected chi connectivity index (χ2v) is 6.10. The van der Waals surface area contributed by atoms with Crippen molar-refractivity contribution in [1.29, 1.82) is 0 Å². The summed E-state index contributed by atoms with van der Waals surface area (Å²) in [7, 11) is 0. The van der Waals surface area contributed by atoms with Gasteiger partial charge in [-0.05, 0) is 30.7 Å². The summed E-state index contributed by atoms with van der Waals surface area (Å²) < 4.78 is 15.7. The largest absolute Gasteiger partial charge is 0.454 e. The Balaban J connectivity index is 1.34. The third kappa shape index (κ3) is 3.41. The Hall–Kier alpha value is -3.55. The van der Waals surface area contributed by atoms with Gasteiger partial charge >= 0.3 is 5.97 Å². The smallest absolute Gasteiger partial charge is 0.359 e. The van der Waals surface area contributed by atoms with Gasteiger partial charge in [0.15, 0.2) is 23.8 Å². The number of para-hydroxylation sites is 1. The maximum absolute atomic E-state index is 12.2. The Kier molecular flexibility index (Phi) is 4.37. The maximum atomic E-state index is 12.2. The molecule has 0 radical (unpaired) electrons. The van der Waals surface area contributed by atoms with Crippen LogP contribution < -0.4 is 14.8 Å². The van der Waals surface area contributed by atoms with Crippen LogP contribution in [0.25, 0.3) is 10.9 Å². The minimum absolute atomic E-state index is 0.155. The Morgan fingerprint density at radius 1 is 1.22 bits per heavy atom. The molecule has 2 heterocycles. The van der Waals surface area contributed by atoms with Gasteiger partial charge in [-0.15, -0.1) is 0 Å². The van der Waals surface area contributed by atoms with Crippen molar-refractivity contribution in [3.8, 4) is 11.5 Å². The number of hydrogen-bond donors (Lipinski definition) is 2. The number of fused-ring (bicyclic) bond motifs is 2. The lowest BCUT2D eigenvalue weighted by molar-refractivity contribution is -0.124. The zero-order valence-electron chi connectivity index (χ0n) is 14.5. The molecule has 8 heteroatoms. The van der Waals surface area contributed by atoms with E-state index in [2.05, 4.69) is 15.5 Å². The molecular formula is C19H17N3O5. The lowest BCUT2D eigenvalue weighted by Gasteiger charge is -2.14. The topological polar surface area (TPSA) is 103 Å². The van der Waals surface area contributed by atoms with E-state index in [0.717, 1.165) is 11.1 Å². The minimum Gasteiger partial charge on any atom is -0.454 e. The highest BCUT2D eigenvalue weighted by molar-refractivity contribution is 6.02. The van der Waals surface area contributed by atoms with Crippen molar-refractivity contribution in [2.45, 2.75) is 13.0 Å². The molecule has 1 aliphatic rings. The van der Waals surface area contributed by atoms with E-state index in [9.17, 15) is 9.59 Å². The number of ether oxygens (including phenoxy) is 3. The second kappa shape index (κ2) is 6.99. The number of esters is 1. The SMILES string of the molecule is C[C@H](NC(=O)COC(=O)c1n[nH]c2ccccc12)c1ccc2c(c1)OCO2. The summed E-state index contributed by atoms with van der Waals surface area (Å²) in [6, 6.07) is 12.4. The molecule has 2 N–H and O–H groups in total. The van der Waals surface area contributed by atoms with E-state index < -0.39 is 18.5 Å². The zero-order valence-corrected chi connectivity index (χ0v) is 14.5. The first-order valence-electron chi connectivity index (χ1n) is 8.41. The van der Waals surface area contributed by atoms with E-state index in [1.807, 2.05) is 25.1 Å². The van der Waals surface area contributed by atoms with Crippen molar-refractivity contribution in [3.63, 3.8) is 0 Å². The van der Waals surface area contributed by atoms with Gasteiger partial charge in [-0.2, -0.15) is 5.10 Å². The van der Waals surface area contributed by atoms with Crippen LogP contribution in [0.5, 0.6) is 11.5 Å². The first kappa shape index (κ1) is 16.9. The number of carbonyl (C=O) groups excluding carboxylic acids is 2. The van der Waals surface area contributed by atoms with Gasteiger partial charge in [0.2, 0.25) is 6.79 Å². The van der Waals surface area contributed by atoms with E-state index in [-0.39, 0.29) is 18.5 Å². The summed E-state index contributed by atoms with van der Waals surface area (Å²) in [5.41, 5.74) is 1.74. The molecular weight excluding hydrogens is 350 g/mol. The Morgan fingerprint density at radius 2 is 2.04 bits per heavy atom. The van der Waals surface area contributed by atoms with Crippen LogP contribution in [0, 0.1) is 0 Å². The molecule has 27 heavy (non-hydrogen) atoms. The summed E-state index contributed by atoms with van der Waals surface area (Å²) in [6.45, 7) is 1.63. The predicted molar refractivity (Wildman–Crippen MR) is 95.5 cm³/mol. The van der Waals surface area contributed by atoms with Crippen molar-refractivity contribution in [1.82, 2.24) is 15.5 Å². The van der Waals surface area contributed by atoms with Crippen molar-refractivity contribution in [3.05, 3.63) is 53.7 Å². The van der Waals surface area contributed by atoms with Crippen molar-refractivity contribution in [2.24, 2.45) is 0 Å². The first-order valence-corrected chi connectivity index (χ1v) is 8.41. The molecule has 0 saturated carbocycles. The molecule has 138 valence electrons. The summed E-state index contributed by atoms with van der Waals surface area (Å²) in [5, 5.41) is 10.1. The third-order valence-corrected chi connectivity index (χ3v) is 4.27. The van der Waals surface area contributed by atoms with Crippen molar-refractivity contribution < 1.29 is 23.8 Å². The fourth-order valence-corrected chi connectivity index (χ4v) is 2.87. The molecule has 0 aliphatic carbocycles. The zero-order chi connectivity index (χ0) is 18.8. The van der Waals surface area contributed by atoms with Gasteiger partial charge in [0.1, 0.15) is 0 Å². The van der Waals surface area contributed by atoms with Crippen LogP contribution in [-0.4, -0.2) is 35.5 Å². The van der Waals surface area contributed by atoms with Crippen molar-refractivity contribution in [2.75, 3.05) is 13.4 Å². The van der Waals surface area contributed by atoms with E-state index in [4.69, 9.17) is 14.2 Å². The van der Waals surface area contributed by atoms with E-state index in [1.165, 1.54) is 0 Å².